The molecule has 1 saturated heterocycles. The number of nitrogens with zero attached hydrogens (tertiary/aromatic N) is 1. The van der Waals surface area contributed by atoms with Crippen LogP contribution in [-0.2, 0) is 0 Å². The second-order valence-electron chi connectivity index (χ2n) is 4.85. The van der Waals surface area contributed by atoms with Crippen LogP contribution in [-0.4, -0.2) is 29.2 Å². The summed E-state index contributed by atoms with van der Waals surface area (Å²) in [7, 11) is 0. The number of hydrogen-bond donors (Lipinski definition) is 1. The van der Waals surface area contributed by atoms with Crippen molar-refractivity contribution in [2.45, 2.75) is 19.1 Å². The number of aliphatic hydroxyl groups is 1. The minimum atomic E-state index is -0.132. The molecule has 17 heavy (non-hydrogen) atoms. The second-order valence-corrected chi connectivity index (χ2v) is 4.85. The standard InChI is InChI=1S/C15H17NO/c1-11(16-9-13(17)10-16)14-8-4-6-12-5-2-3-7-15(12)14/h2-8,11,13,17H,9-10H2,1H3/t11-/m1/s1. The van der Waals surface area contributed by atoms with Crippen LogP contribution < -0.4 is 0 Å². The van der Waals surface area contributed by atoms with Gasteiger partial charge in [0.1, 0.15) is 0 Å². The number of hydrogen-bond acceptors (Lipinski definition) is 2. The van der Waals surface area contributed by atoms with Gasteiger partial charge in [-0.1, -0.05) is 42.5 Å². The zero-order chi connectivity index (χ0) is 11.8. The molecule has 1 N–H and O–H groups in total. The molecule has 1 fully saturated rings. The summed E-state index contributed by atoms with van der Waals surface area (Å²) in [5.74, 6) is 0. The first-order valence-electron chi connectivity index (χ1n) is 6.15. The summed E-state index contributed by atoms with van der Waals surface area (Å²) in [6, 6.07) is 15.3. The average Bonchev–Trinajstić information content (AvgIpc) is 2.33. The minimum absolute atomic E-state index is 0.132. The average molecular weight is 227 g/mol. The first kappa shape index (κ1) is 10.8. The van der Waals surface area contributed by atoms with Crippen LogP contribution in [0, 0.1) is 0 Å². The van der Waals surface area contributed by atoms with Crippen LogP contribution in [0.15, 0.2) is 42.5 Å². The largest absolute Gasteiger partial charge is 0.390 e. The Hall–Kier alpha value is -1.38. The van der Waals surface area contributed by atoms with Crippen molar-refractivity contribution in [1.82, 2.24) is 4.90 Å². The van der Waals surface area contributed by atoms with E-state index in [0.717, 1.165) is 13.1 Å². The molecule has 2 aromatic rings. The van der Waals surface area contributed by atoms with Crippen LogP contribution >= 0.6 is 0 Å². The van der Waals surface area contributed by atoms with Gasteiger partial charge in [0, 0.05) is 19.1 Å². The third-order valence-corrected chi connectivity index (χ3v) is 3.71. The third-order valence-electron chi connectivity index (χ3n) is 3.71. The minimum Gasteiger partial charge on any atom is -0.390 e. The van der Waals surface area contributed by atoms with Crippen LogP contribution in [0.1, 0.15) is 18.5 Å². The van der Waals surface area contributed by atoms with Gasteiger partial charge in [0.05, 0.1) is 6.10 Å². The Morgan fingerprint density at radius 3 is 2.59 bits per heavy atom. The van der Waals surface area contributed by atoms with Crippen LogP contribution in [0.3, 0.4) is 0 Å². The summed E-state index contributed by atoms with van der Waals surface area (Å²) < 4.78 is 0. The van der Waals surface area contributed by atoms with Crippen molar-refractivity contribution in [1.29, 1.82) is 0 Å². The maximum absolute atomic E-state index is 9.39. The summed E-state index contributed by atoms with van der Waals surface area (Å²) >= 11 is 0. The van der Waals surface area contributed by atoms with Gasteiger partial charge in [-0.05, 0) is 23.3 Å². The molecule has 2 heteroatoms. The van der Waals surface area contributed by atoms with Crippen molar-refractivity contribution in [3.05, 3.63) is 48.0 Å². The van der Waals surface area contributed by atoms with E-state index in [-0.39, 0.29) is 6.10 Å². The zero-order valence-electron chi connectivity index (χ0n) is 10.0. The highest BCUT2D eigenvalue weighted by Gasteiger charge is 2.29. The number of rotatable bonds is 2. The summed E-state index contributed by atoms with van der Waals surface area (Å²) in [6.07, 6.45) is -0.132. The smallest absolute Gasteiger partial charge is 0.0794 e. The Bertz CT molecular complexity index is 526. The van der Waals surface area contributed by atoms with E-state index in [4.69, 9.17) is 0 Å². The molecule has 88 valence electrons. The molecule has 0 aromatic heterocycles. The number of β-amino-alcohol motifs (C(OH)–C–C–N with tert-alkyl or cyclic N) is 1. The van der Waals surface area contributed by atoms with Crippen LogP contribution in [0.2, 0.25) is 0 Å². The molecule has 0 unspecified atom stereocenters. The van der Waals surface area contributed by atoms with Crippen molar-refractivity contribution in [2.24, 2.45) is 0 Å². The molecule has 0 saturated carbocycles. The Morgan fingerprint density at radius 1 is 1.12 bits per heavy atom. The SMILES string of the molecule is C[C@H](c1cccc2ccccc12)N1CC(O)C1. The van der Waals surface area contributed by atoms with Crippen molar-refractivity contribution < 1.29 is 5.11 Å². The number of fused-ring (bicyclic) bond motifs is 1. The monoisotopic (exact) mass is 227 g/mol. The highest BCUT2D eigenvalue weighted by atomic mass is 16.3. The first-order valence-corrected chi connectivity index (χ1v) is 6.15. The maximum Gasteiger partial charge on any atom is 0.0794 e. The molecule has 1 heterocycles. The highest BCUT2D eigenvalue weighted by molar-refractivity contribution is 5.86. The molecule has 1 atom stereocenters. The molecular formula is C15H17NO. The number of aliphatic hydroxyl groups excluding tert-OH is 1. The van der Waals surface area contributed by atoms with E-state index in [1.54, 1.807) is 0 Å². The maximum atomic E-state index is 9.39. The molecule has 0 radical (unpaired) electrons. The van der Waals surface area contributed by atoms with E-state index in [9.17, 15) is 5.11 Å². The quantitative estimate of drug-likeness (QED) is 0.852. The summed E-state index contributed by atoms with van der Waals surface area (Å²) in [4.78, 5) is 2.31. The van der Waals surface area contributed by atoms with Crippen LogP contribution in [0.4, 0.5) is 0 Å². The van der Waals surface area contributed by atoms with Crippen molar-refractivity contribution in [3.63, 3.8) is 0 Å². The topological polar surface area (TPSA) is 23.5 Å². The van der Waals surface area contributed by atoms with Gasteiger partial charge in [-0.15, -0.1) is 0 Å². The molecule has 1 aliphatic rings. The fourth-order valence-corrected chi connectivity index (χ4v) is 2.62. The molecular weight excluding hydrogens is 210 g/mol. The van der Waals surface area contributed by atoms with Crippen molar-refractivity contribution >= 4 is 10.8 Å². The van der Waals surface area contributed by atoms with E-state index in [1.807, 2.05) is 0 Å². The van der Waals surface area contributed by atoms with Crippen LogP contribution in [0.5, 0.6) is 0 Å². The lowest BCUT2D eigenvalue weighted by atomic mass is 9.96. The van der Waals surface area contributed by atoms with Gasteiger partial charge in [-0.3, -0.25) is 4.90 Å². The van der Waals surface area contributed by atoms with Crippen molar-refractivity contribution in [3.8, 4) is 0 Å². The fraction of sp³-hybridized carbons (Fsp3) is 0.333. The van der Waals surface area contributed by atoms with Gasteiger partial charge in [0.15, 0.2) is 0 Å². The summed E-state index contributed by atoms with van der Waals surface area (Å²) in [6.45, 7) is 3.81. The van der Waals surface area contributed by atoms with E-state index in [1.165, 1.54) is 16.3 Å². The molecule has 0 bridgehead atoms. The van der Waals surface area contributed by atoms with Gasteiger partial charge < -0.3 is 5.11 Å². The van der Waals surface area contributed by atoms with Gasteiger partial charge >= 0.3 is 0 Å². The molecule has 0 aliphatic carbocycles. The fourth-order valence-electron chi connectivity index (χ4n) is 2.62. The molecule has 0 amide bonds. The van der Waals surface area contributed by atoms with E-state index < -0.39 is 0 Å². The summed E-state index contributed by atoms with van der Waals surface area (Å²) in [5.41, 5.74) is 1.36. The molecule has 0 spiro atoms. The molecule has 1 aliphatic heterocycles. The van der Waals surface area contributed by atoms with Gasteiger partial charge in [0.25, 0.3) is 0 Å². The lowest BCUT2D eigenvalue weighted by Crippen LogP contribution is -2.51. The second kappa shape index (κ2) is 4.13. The molecule has 2 nitrogen and oxygen atoms in total. The first-order chi connectivity index (χ1) is 8.25. The number of likely N-dealkylation sites (tertiary alicyclic amines) is 1. The molecule has 3 rings (SSSR count). The Labute approximate surface area is 101 Å². The van der Waals surface area contributed by atoms with E-state index >= 15 is 0 Å². The zero-order valence-corrected chi connectivity index (χ0v) is 10.0. The van der Waals surface area contributed by atoms with Gasteiger partial charge in [-0.25, -0.2) is 0 Å². The lowest BCUT2D eigenvalue weighted by molar-refractivity contribution is -0.0208. The van der Waals surface area contributed by atoms with Gasteiger partial charge in [-0.2, -0.15) is 0 Å². The normalized spacial score (nSPS) is 19.2. The van der Waals surface area contributed by atoms with Crippen LogP contribution in [0.25, 0.3) is 10.8 Å². The third kappa shape index (κ3) is 1.84. The predicted octanol–water partition coefficient (Wildman–Crippen LogP) is 2.58. The summed E-state index contributed by atoms with van der Waals surface area (Å²) in [5, 5.41) is 12.0. The van der Waals surface area contributed by atoms with Crippen molar-refractivity contribution in [2.75, 3.05) is 13.1 Å². The lowest BCUT2D eigenvalue weighted by Gasteiger charge is -2.40. The predicted molar refractivity (Wildman–Crippen MR) is 69.9 cm³/mol. The molecule has 2 aromatic carbocycles. The Morgan fingerprint density at radius 2 is 1.82 bits per heavy atom. The van der Waals surface area contributed by atoms with E-state index in [2.05, 4.69) is 54.3 Å². The van der Waals surface area contributed by atoms with Gasteiger partial charge in [0.2, 0.25) is 0 Å². The number of benzene rings is 2. The Balaban J connectivity index is 1.99. The van der Waals surface area contributed by atoms with E-state index in [0.29, 0.717) is 6.04 Å². The highest BCUT2D eigenvalue weighted by Crippen LogP contribution is 2.30. The Kier molecular flexibility index (Phi) is 2.61.